The molecule has 3 aromatic rings. The van der Waals surface area contributed by atoms with Gasteiger partial charge in [-0.15, -0.1) is 0 Å². The van der Waals surface area contributed by atoms with Crippen LogP contribution in [0, 0.1) is 6.92 Å². The molecule has 6 heteroatoms. The Balaban J connectivity index is 1.93. The average Bonchev–Trinajstić information content (AvgIpc) is 3.07. The van der Waals surface area contributed by atoms with Crippen molar-refractivity contribution in [3.8, 4) is 34.3 Å². The summed E-state index contributed by atoms with van der Waals surface area (Å²) in [7, 11) is 0. The van der Waals surface area contributed by atoms with E-state index < -0.39 is 0 Å². The molecule has 1 aromatic carbocycles. The summed E-state index contributed by atoms with van der Waals surface area (Å²) in [4.78, 5) is 8.61. The van der Waals surface area contributed by atoms with Gasteiger partial charge in [0.15, 0.2) is 11.5 Å². The quantitative estimate of drug-likeness (QED) is 0.684. The van der Waals surface area contributed by atoms with Crippen molar-refractivity contribution < 1.29 is 14.0 Å². The van der Waals surface area contributed by atoms with Crippen LogP contribution in [0.5, 0.6) is 11.5 Å². The molecule has 0 aliphatic heterocycles. The minimum absolute atomic E-state index is 0.426. The molecule has 0 spiro atoms. The number of aryl methyl sites for hydroxylation is 1. The van der Waals surface area contributed by atoms with Crippen molar-refractivity contribution in [1.82, 2.24) is 15.1 Å². The van der Waals surface area contributed by atoms with Crippen LogP contribution in [0.3, 0.4) is 0 Å². The van der Waals surface area contributed by atoms with Crippen molar-refractivity contribution in [2.45, 2.75) is 20.8 Å². The van der Waals surface area contributed by atoms with E-state index in [9.17, 15) is 0 Å². The van der Waals surface area contributed by atoms with E-state index in [4.69, 9.17) is 14.0 Å². The van der Waals surface area contributed by atoms with E-state index in [1.54, 1.807) is 12.4 Å². The Morgan fingerprint density at radius 3 is 2.50 bits per heavy atom. The van der Waals surface area contributed by atoms with Crippen LogP contribution in [0.25, 0.3) is 22.8 Å². The fourth-order valence-corrected chi connectivity index (χ4v) is 2.32. The molecule has 6 nitrogen and oxygen atoms in total. The van der Waals surface area contributed by atoms with E-state index >= 15 is 0 Å². The SMILES string of the molecule is CCOc1ccc(-c2nc(-c3cncc(C)c3)no2)cc1OCC. The number of ether oxygens (including phenoxy) is 2. The van der Waals surface area contributed by atoms with Gasteiger partial charge in [-0.05, 0) is 50.6 Å². The van der Waals surface area contributed by atoms with Crippen molar-refractivity contribution in [2.75, 3.05) is 13.2 Å². The van der Waals surface area contributed by atoms with Gasteiger partial charge in [0, 0.05) is 23.5 Å². The van der Waals surface area contributed by atoms with Gasteiger partial charge in [-0.3, -0.25) is 4.98 Å². The van der Waals surface area contributed by atoms with Gasteiger partial charge in [-0.25, -0.2) is 0 Å². The van der Waals surface area contributed by atoms with Crippen molar-refractivity contribution in [2.24, 2.45) is 0 Å². The lowest BCUT2D eigenvalue weighted by Crippen LogP contribution is -1.98. The molecule has 0 amide bonds. The molecule has 2 aromatic heterocycles. The van der Waals surface area contributed by atoms with Crippen molar-refractivity contribution in [3.05, 3.63) is 42.2 Å². The second kappa shape index (κ2) is 7.12. The predicted octanol–water partition coefficient (Wildman–Crippen LogP) is 3.90. The maximum atomic E-state index is 5.63. The van der Waals surface area contributed by atoms with E-state index in [2.05, 4.69) is 15.1 Å². The highest BCUT2D eigenvalue weighted by atomic mass is 16.5. The summed E-state index contributed by atoms with van der Waals surface area (Å²) in [6.45, 7) is 6.96. The molecule has 124 valence electrons. The summed E-state index contributed by atoms with van der Waals surface area (Å²) in [5.41, 5.74) is 2.64. The Morgan fingerprint density at radius 2 is 1.75 bits per heavy atom. The van der Waals surface area contributed by atoms with E-state index in [1.807, 2.05) is 45.0 Å². The van der Waals surface area contributed by atoms with Crippen LogP contribution in [-0.2, 0) is 0 Å². The lowest BCUT2D eigenvalue weighted by atomic mass is 10.2. The zero-order valence-electron chi connectivity index (χ0n) is 13.9. The molecular formula is C18H19N3O3. The zero-order valence-corrected chi connectivity index (χ0v) is 13.9. The number of hydrogen-bond acceptors (Lipinski definition) is 6. The van der Waals surface area contributed by atoms with Gasteiger partial charge in [0.25, 0.3) is 5.89 Å². The monoisotopic (exact) mass is 325 g/mol. The predicted molar refractivity (Wildman–Crippen MR) is 90.0 cm³/mol. The number of benzene rings is 1. The number of aromatic nitrogens is 3. The number of rotatable bonds is 6. The fraction of sp³-hybridized carbons (Fsp3) is 0.278. The summed E-state index contributed by atoms with van der Waals surface area (Å²) >= 11 is 0. The maximum absolute atomic E-state index is 5.63. The number of hydrogen-bond donors (Lipinski definition) is 0. The molecule has 0 aliphatic rings. The summed E-state index contributed by atoms with van der Waals surface area (Å²) in [6, 6.07) is 7.53. The van der Waals surface area contributed by atoms with Gasteiger partial charge in [-0.2, -0.15) is 4.98 Å². The van der Waals surface area contributed by atoms with Crippen molar-refractivity contribution >= 4 is 0 Å². The van der Waals surface area contributed by atoms with Gasteiger partial charge < -0.3 is 14.0 Å². The zero-order chi connectivity index (χ0) is 16.9. The third-order valence-electron chi connectivity index (χ3n) is 3.35. The molecule has 0 atom stereocenters. The Kier molecular flexibility index (Phi) is 4.74. The fourth-order valence-electron chi connectivity index (χ4n) is 2.32. The summed E-state index contributed by atoms with van der Waals surface area (Å²) in [5.74, 6) is 2.29. The van der Waals surface area contributed by atoms with Gasteiger partial charge in [-0.1, -0.05) is 5.16 Å². The Hall–Kier alpha value is -2.89. The lowest BCUT2D eigenvalue weighted by Gasteiger charge is -2.11. The molecule has 0 saturated heterocycles. The smallest absolute Gasteiger partial charge is 0.258 e. The molecule has 24 heavy (non-hydrogen) atoms. The second-order valence-corrected chi connectivity index (χ2v) is 5.20. The third kappa shape index (κ3) is 3.37. The molecular weight excluding hydrogens is 306 g/mol. The molecule has 0 fully saturated rings. The standard InChI is InChI=1S/C18H19N3O3/c1-4-22-15-7-6-13(9-16(15)23-5-2)18-20-17(21-24-18)14-8-12(3)10-19-11-14/h6-11H,4-5H2,1-3H3. The van der Waals surface area contributed by atoms with Crippen LogP contribution in [0.4, 0.5) is 0 Å². The summed E-state index contributed by atoms with van der Waals surface area (Å²) < 4.78 is 16.6. The van der Waals surface area contributed by atoms with E-state index in [1.165, 1.54) is 0 Å². The van der Waals surface area contributed by atoms with Gasteiger partial charge in [0.1, 0.15) is 0 Å². The van der Waals surface area contributed by atoms with Crippen LogP contribution < -0.4 is 9.47 Å². The van der Waals surface area contributed by atoms with Crippen LogP contribution in [0.2, 0.25) is 0 Å². The minimum Gasteiger partial charge on any atom is -0.490 e. The largest absolute Gasteiger partial charge is 0.490 e. The van der Waals surface area contributed by atoms with E-state index in [0.717, 1.165) is 16.7 Å². The van der Waals surface area contributed by atoms with Gasteiger partial charge in [0.05, 0.1) is 13.2 Å². The topological polar surface area (TPSA) is 70.3 Å². The van der Waals surface area contributed by atoms with Gasteiger partial charge in [0.2, 0.25) is 5.82 Å². The molecule has 0 saturated carbocycles. The first-order chi connectivity index (χ1) is 11.7. The Morgan fingerprint density at radius 1 is 0.958 bits per heavy atom. The first-order valence-electron chi connectivity index (χ1n) is 7.87. The average molecular weight is 325 g/mol. The third-order valence-corrected chi connectivity index (χ3v) is 3.35. The molecule has 0 unspecified atom stereocenters. The maximum Gasteiger partial charge on any atom is 0.258 e. The van der Waals surface area contributed by atoms with Crippen LogP contribution >= 0.6 is 0 Å². The molecule has 0 aliphatic carbocycles. The summed E-state index contributed by atoms with van der Waals surface area (Å²) in [6.07, 6.45) is 3.50. The molecule has 0 N–H and O–H groups in total. The van der Waals surface area contributed by atoms with Crippen molar-refractivity contribution in [1.29, 1.82) is 0 Å². The van der Waals surface area contributed by atoms with Crippen LogP contribution in [0.1, 0.15) is 19.4 Å². The lowest BCUT2D eigenvalue weighted by molar-refractivity contribution is 0.288. The molecule has 2 heterocycles. The van der Waals surface area contributed by atoms with E-state index in [0.29, 0.717) is 36.4 Å². The van der Waals surface area contributed by atoms with E-state index in [-0.39, 0.29) is 0 Å². The summed E-state index contributed by atoms with van der Waals surface area (Å²) in [5, 5.41) is 4.04. The first kappa shape index (κ1) is 16.0. The normalized spacial score (nSPS) is 10.6. The Bertz CT molecular complexity index is 830. The molecule has 0 bridgehead atoms. The van der Waals surface area contributed by atoms with Gasteiger partial charge >= 0.3 is 0 Å². The first-order valence-corrected chi connectivity index (χ1v) is 7.87. The highest BCUT2D eigenvalue weighted by molar-refractivity contribution is 5.62. The number of pyridine rings is 1. The molecule has 0 radical (unpaired) electrons. The Labute approximate surface area is 140 Å². The van der Waals surface area contributed by atoms with Crippen LogP contribution in [0.15, 0.2) is 41.2 Å². The number of nitrogens with zero attached hydrogens (tertiary/aromatic N) is 3. The highest BCUT2D eigenvalue weighted by Gasteiger charge is 2.14. The van der Waals surface area contributed by atoms with Crippen LogP contribution in [-0.4, -0.2) is 28.3 Å². The molecule has 3 rings (SSSR count). The minimum atomic E-state index is 0.426. The van der Waals surface area contributed by atoms with Crippen molar-refractivity contribution in [3.63, 3.8) is 0 Å². The highest BCUT2D eigenvalue weighted by Crippen LogP contribution is 2.33. The second-order valence-electron chi connectivity index (χ2n) is 5.20.